The first kappa shape index (κ1) is 30.8. The summed E-state index contributed by atoms with van der Waals surface area (Å²) in [6, 6.07) is 59.6. The summed E-state index contributed by atoms with van der Waals surface area (Å²) in [6.45, 7) is 0. The SMILES string of the molecule is Fc1ccc2c3ccc(F)cc3n(-c3ccc4oc5cc(N(c6ccc(-c7ccccc7)cc6)c6ccc(-c7ccccc7)cc6)ccc5c4c3)c2c1. The first-order valence-electron chi connectivity index (χ1n) is 17.5. The zero-order valence-corrected chi connectivity index (χ0v) is 28.4. The van der Waals surface area contributed by atoms with Crippen LogP contribution in [0.4, 0.5) is 25.8 Å². The molecule has 0 spiro atoms. The average Bonchev–Trinajstić information content (AvgIpc) is 3.73. The number of rotatable bonds is 6. The normalized spacial score (nSPS) is 11.6. The molecule has 0 N–H and O–H groups in total. The Bertz CT molecular complexity index is 2810. The van der Waals surface area contributed by atoms with Crippen LogP contribution in [-0.2, 0) is 0 Å². The summed E-state index contributed by atoms with van der Waals surface area (Å²) in [5.74, 6) is -0.697. The number of nitrogens with zero attached hydrogens (tertiary/aromatic N) is 2. The van der Waals surface area contributed by atoms with Gasteiger partial charge in [0.2, 0.25) is 0 Å². The fourth-order valence-electron chi connectivity index (χ4n) is 7.59. The number of hydrogen-bond acceptors (Lipinski definition) is 2. The van der Waals surface area contributed by atoms with Crippen LogP contribution in [0.15, 0.2) is 186 Å². The highest BCUT2D eigenvalue weighted by atomic mass is 19.1. The highest BCUT2D eigenvalue weighted by molar-refractivity contribution is 6.11. The molecule has 0 saturated heterocycles. The van der Waals surface area contributed by atoms with Crippen molar-refractivity contribution in [1.29, 1.82) is 0 Å². The predicted molar refractivity (Wildman–Crippen MR) is 214 cm³/mol. The maximum absolute atomic E-state index is 14.6. The van der Waals surface area contributed by atoms with Gasteiger partial charge in [-0.3, -0.25) is 0 Å². The van der Waals surface area contributed by atoms with Crippen molar-refractivity contribution in [2.45, 2.75) is 0 Å². The van der Waals surface area contributed by atoms with E-state index in [1.807, 2.05) is 34.9 Å². The van der Waals surface area contributed by atoms with E-state index in [-0.39, 0.29) is 11.6 Å². The van der Waals surface area contributed by atoms with Gasteiger partial charge in [-0.25, -0.2) is 8.78 Å². The molecule has 0 radical (unpaired) electrons. The lowest BCUT2D eigenvalue weighted by Gasteiger charge is -2.26. The lowest BCUT2D eigenvalue weighted by atomic mass is 10.0. The Balaban J connectivity index is 1.10. The Hall–Kier alpha value is -6.98. The molecule has 2 heterocycles. The number of furan rings is 1. The van der Waals surface area contributed by atoms with E-state index >= 15 is 0 Å². The van der Waals surface area contributed by atoms with E-state index in [1.54, 1.807) is 12.1 Å². The average molecular weight is 689 g/mol. The van der Waals surface area contributed by atoms with E-state index in [0.29, 0.717) is 11.0 Å². The fraction of sp³-hybridized carbons (Fsp3) is 0. The third-order valence-electron chi connectivity index (χ3n) is 10.1. The van der Waals surface area contributed by atoms with Crippen LogP contribution in [0.5, 0.6) is 0 Å². The molecule has 10 rings (SSSR count). The lowest BCUT2D eigenvalue weighted by molar-refractivity contribution is 0.629. The van der Waals surface area contributed by atoms with Gasteiger partial charge in [-0.2, -0.15) is 0 Å². The van der Waals surface area contributed by atoms with Gasteiger partial charge in [0, 0.05) is 50.4 Å². The van der Waals surface area contributed by atoms with Crippen LogP contribution < -0.4 is 4.90 Å². The summed E-state index contributed by atoms with van der Waals surface area (Å²) >= 11 is 0. The van der Waals surface area contributed by atoms with E-state index in [4.69, 9.17) is 4.42 Å². The van der Waals surface area contributed by atoms with Crippen LogP contribution in [0.1, 0.15) is 0 Å². The number of halogens is 2. The van der Waals surface area contributed by atoms with Crippen molar-refractivity contribution in [3.63, 3.8) is 0 Å². The molecule has 0 atom stereocenters. The molecule has 5 heteroatoms. The van der Waals surface area contributed by atoms with E-state index in [2.05, 4.69) is 120 Å². The summed E-state index contributed by atoms with van der Waals surface area (Å²) in [5.41, 5.74) is 11.2. The van der Waals surface area contributed by atoms with Gasteiger partial charge in [0.1, 0.15) is 22.8 Å². The van der Waals surface area contributed by atoms with E-state index in [1.165, 1.54) is 24.3 Å². The van der Waals surface area contributed by atoms with Crippen LogP contribution in [0.2, 0.25) is 0 Å². The van der Waals surface area contributed by atoms with Gasteiger partial charge in [0.05, 0.1) is 11.0 Å². The maximum Gasteiger partial charge on any atom is 0.137 e. The molecule has 10 aromatic rings. The topological polar surface area (TPSA) is 21.3 Å². The minimum Gasteiger partial charge on any atom is -0.456 e. The monoisotopic (exact) mass is 688 g/mol. The summed E-state index contributed by atoms with van der Waals surface area (Å²) < 4.78 is 37.6. The van der Waals surface area contributed by atoms with Gasteiger partial charge in [0.25, 0.3) is 0 Å². The van der Waals surface area contributed by atoms with Crippen molar-refractivity contribution in [2.75, 3.05) is 4.90 Å². The van der Waals surface area contributed by atoms with Crippen molar-refractivity contribution in [3.8, 4) is 27.9 Å². The molecule has 2 aromatic heterocycles. The molecular formula is C48H30F2N2O. The van der Waals surface area contributed by atoms with Crippen LogP contribution in [-0.4, -0.2) is 4.57 Å². The highest BCUT2D eigenvalue weighted by Crippen LogP contribution is 2.41. The number of benzene rings is 8. The van der Waals surface area contributed by atoms with E-state index in [0.717, 1.165) is 77.7 Å². The lowest BCUT2D eigenvalue weighted by Crippen LogP contribution is -2.09. The third kappa shape index (κ3) is 5.33. The third-order valence-corrected chi connectivity index (χ3v) is 10.1. The molecule has 0 aliphatic rings. The highest BCUT2D eigenvalue weighted by Gasteiger charge is 2.18. The smallest absolute Gasteiger partial charge is 0.137 e. The quantitative estimate of drug-likeness (QED) is 0.173. The molecule has 0 bridgehead atoms. The van der Waals surface area contributed by atoms with Gasteiger partial charge in [0.15, 0.2) is 0 Å². The summed E-state index contributed by atoms with van der Waals surface area (Å²) in [4.78, 5) is 2.24. The van der Waals surface area contributed by atoms with Gasteiger partial charge in [-0.05, 0) is 113 Å². The molecule has 0 unspecified atom stereocenters. The fourth-order valence-corrected chi connectivity index (χ4v) is 7.59. The summed E-state index contributed by atoms with van der Waals surface area (Å²) in [6.07, 6.45) is 0. The second kappa shape index (κ2) is 12.4. The van der Waals surface area contributed by atoms with Crippen molar-refractivity contribution in [1.82, 2.24) is 4.57 Å². The molecule has 0 aliphatic carbocycles. The zero-order chi connectivity index (χ0) is 35.5. The Morgan fingerprint density at radius 1 is 0.377 bits per heavy atom. The van der Waals surface area contributed by atoms with Crippen molar-refractivity contribution in [2.24, 2.45) is 0 Å². The van der Waals surface area contributed by atoms with Crippen LogP contribution in [0.3, 0.4) is 0 Å². The van der Waals surface area contributed by atoms with Crippen molar-refractivity contribution >= 4 is 60.8 Å². The van der Waals surface area contributed by atoms with Crippen LogP contribution >= 0.6 is 0 Å². The van der Waals surface area contributed by atoms with Gasteiger partial charge >= 0.3 is 0 Å². The Labute approximate surface area is 304 Å². The first-order chi connectivity index (χ1) is 26.1. The molecule has 53 heavy (non-hydrogen) atoms. The number of aromatic nitrogens is 1. The molecule has 3 nitrogen and oxygen atoms in total. The summed E-state index contributed by atoms with van der Waals surface area (Å²) in [7, 11) is 0. The van der Waals surface area contributed by atoms with Gasteiger partial charge < -0.3 is 13.9 Å². The molecule has 252 valence electrons. The maximum atomic E-state index is 14.6. The number of fused-ring (bicyclic) bond motifs is 6. The zero-order valence-electron chi connectivity index (χ0n) is 28.4. The van der Waals surface area contributed by atoms with E-state index < -0.39 is 0 Å². The number of hydrogen-bond donors (Lipinski definition) is 0. The van der Waals surface area contributed by atoms with Gasteiger partial charge in [-0.1, -0.05) is 84.9 Å². The molecule has 8 aromatic carbocycles. The molecular weight excluding hydrogens is 659 g/mol. The largest absolute Gasteiger partial charge is 0.456 e. The standard InChI is InChI=1S/C48H30F2N2O/c49-35-15-23-41-42-24-16-36(50)28-46(42)52(45(41)27-35)39-22-26-47-44(29-39)43-25-21-40(30-48(43)53-47)51(37-17-11-33(12-18-37)31-7-3-1-4-8-31)38-19-13-34(14-20-38)32-9-5-2-6-10-32/h1-30H. The minimum absolute atomic E-state index is 0.349. The second-order valence-electron chi connectivity index (χ2n) is 13.3. The van der Waals surface area contributed by atoms with Crippen molar-refractivity contribution < 1.29 is 13.2 Å². The predicted octanol–water partition coefficient (Wildman–Crippen LogP) is 13.8. The molecule has 0 saturated carbocycles. The first-order valence-corrected chi connectivity index (χ1v) is 17.5. The Morgan fingerprint density at radius 2 is 0.868 bits per heavy atom. The molecule has 0 fully saturated rings. The number of anilines is 3. The molecule has 0 amide bonds. The molecule has 0 aliphatic heterocycles. The van der Waals surface area contributed by atoms with Crippen molar-refractivity contribution in [3.05, 3.63) is 194 Å². The Kier molecular flexibility index (Phi) is 7.18. The van der Waals surface area contributed by atoms with Crippen LogP contribution in [0, 0.1) is 11.6 Å². The summed E-state index contributed by atoms with van der Waals surface area (Å²) in [5, 5.41) is 3.58. The van der Waals surface area contributed by atoms with Crippen LogP contribution in [0.25, 0.3) is 71.7 Å². The minimum atomic E-state index is -0.349. The Morgan fingerprint density at radius 3 is 1.42 bits per heavy atom. The van der Waals surface area contributed by atoms with E-state index in [9.17, 15) is 8.78 Å². The second-order valence-corrected chi connectivity index (χ2v) is 13.3. The van der Waals surface area contributed by atoms with Gasteiger partial charge in [-0.15, -0.1) is 0 Å².